The molecule has 1 aromatic heterocycles. The maximum absolute atomic E-state index is 12.8. The van der Waals surface area contributed by atoms with Gasteiger partial charge in [0.1, 0.15) is 6.04 Å². The Bertz CT molecular complexity index is 683. The van der Waals surface area contributed by atoms with Crippen LogP contribution >= 0.6 is 11.3 Å². The van der Waals surface area contributed by atoms with E-state index in [1.165, 1.54) is 11.1 Å². The van der Waals surface area contributed by atoms with E-state index in [-0.39, 0.29) is 18.0 Å². The molecule has 0 saturated carbocycles. The monoisotopic (exact) mass is 356 g/mol. The van der Waals surface area contributed by atoms with Crippen LogP contribution in [0.1, 0.15) is 23.6 Å². The molecular formula is C19H24N4OS. The van der Waals surface area contributed by atoms with Gasteiger partial charge >= 0.3 is 0 Å². The van der Waals surface area contributed by atoms with Gasteiger partial charge in [-0.25, -0.2) is 10.9 Å². The van der Waals surface area contributed by atoms with Crippen molar-refractivity contribution in [2.45, 2.75) is 25.0 Å². The third-order valence-electron chi connectivity index (χ3n) is 5.07. The normalized spacial score (nSPS) is 24.6. The largest absolute Gasteiger partial charge is 0.339 e. The lowest BCUT2D eigenvalue weighted by atomic mass is 10.0. The Morgan fingerprint density at radius 3 is 2.60 bits per heavy atom. The molecule has 2 aliphatic rings. The van der Waals surface area contributed by atoms with Crippen LogP contribution < -0.4 is 10.9 Å². The van der Waals surface area contributed by atoms with E-state index < -0.39 is 0 Å². The van der Waals surface area contributed by atoms with E-state index in [0.717, 1.165) is 39.1 Å². The van der Waals surface area contributed by atoms with Crippen molar-refractivity contribution in [1.29, 1.82) is 0 Å². The van der Waals surface area contributed by atoms with E-state index in [2.05, 4.69) is 44.7 Å². The van der Waals surface area contributed by atoms with Crippen LogP contribution in [0.5, 0.6) is 0 Å². The molecular weight excluding hydrogens is 332 g/mol. The first-order chi connectivity index (χ1) is 12.3. The van der Waals surface area contributed by atoms with Gasteiger partial charge in [0, 0.05) is 38.8 Å². The molecule has 2 saturated heterocycles. The Hall–Kier alpha value is -1.73. The summed E-state index contributed by atoms with van der Waals surface area (Å²) in [6, 6.07) is 12.6. The predicted molar refractivity (Wildman–Crippen MR) is 100 cm³/mol. The highest BCUT2D eigenvalue weighted by Crippen LogP contribution is 2.23. The van der Waals surface area contributed by atoms with Crippen molar-refractivity contribution in [3.8, 4) is 0 Å². The third kappa shape index (κ3) is 3.93. The summed E-state index contributed by atoms with van der Waals surface area (Å²) in [7, 11) is 0. The highest BCUT2D eigenvalue weighted by atomic mass is 32.1. The quantitative estimate of drug-likeness (QED) is 0.880. The van der Waals surface area contributed by atoms with Gasteiger partial charge in [0.25, 0.3) is 0 Å². The molecule has 2 atom stereocenters. The summed E-state index contributed by atoms with van der Waals surface area (Å²) in [5.41, 5.74) is 9.07. The average Bonchev–Trinajstić information content (AvgIpc) is 3.34. The summed E-state index contributed by atoms with van der Waals surface area (Å²) in [6.07, 6.45) is 0.804. The van der Waals surface area contributed by atoms with Gasteiger partial charge in [-0.1, -0.05) is 30.3 Å². The number of piperazine rings is 1. The zero-order chi connectivity index (χ0) is 17.1. The van der Waals surface area contributed by atoms with Gasteiger partial charge in [-0.05, 0) is 34.4 Å². The Labute approximate surface area is 152 Å². The molecule has 5 nitrogen and oxygen atoms in total. The van der Waals surface area contributed by atoms with Crippen LogP contribution in [0.3, 0.4) is 0 Å². The number of amides is 1. The Morgan fingerprint density at radius 1 is 1.08 bits per heavy atom. The zero-order valence-electron chi connectivity index (χ0n) is 14.2. The number of nitrogens with one attached hydrogen (secondary N) is 2. The third-order valence-corrected chi connectivity index (χ3v) is 5.81. The van der Waals surface area contributed by atoms with E-state index in [9.17, 15) is 4.79 Å². The number of rotatable bonds is 4. The number of hydrazine groups is 1. The smallest absolute Gasteiger partial charge is 0.241 e. The maximum Gasteiger partial charge on any atom is 0.241 e. The number of thiophene rings is 1. The summed E-state index contributed by atoms with van der Waals surface area (Å²) in [4.78, 5) is 17.2. The summed E-state index contributed by atoms with van der Waals surface area (Å²) < 4.78 is 0. The van der Waals surface area contributed by atoms with Crippen LogP contribution in [0.4, 0.5) is 0 Å². The van der Waals surface area contributed by atoms with Crippen molar-refractivity contribution in [1.82, 2.24) is 20.7 Å². The fraction of sp³-hybridized carbons (Fsp3) is 0.421. The van der Waals surface area contributed by atoms with E-state index in [4.69, 9.17) is 0 Å². The van der Waals surface area contributed by atoms with Gasteiger partial charge in [0.05, 0.1) is 0 Å². The summed E-state index contributed by atoms with van der Waals surface area (Å²) in [5.74, 6) is 0.223. The lowest BCUT2D eigenvalue weighted by molar-refractivity contribution is -0.135. The predicted octanol–water partition coefficient (Wildman–Crippen LogP) is 2.00. The van der Waals surface area contributed by atoms with Crippen LogP contribution in [0.2, 0.25) is 0 Å². The van der Waals surface area contributed by atoms with Crippen LogP contribution in [0.15, 0.2) is 47.2 Å². The number of hydrogen-bond donors (Lipinski definition) is 2. The molecule has 2 unspecified atom stereocenters. The Kier molecular flexibility index (Phi) is 5.12. The van der Waals surface area contributed by atoms with Crippen LogP contribution in [-0.4, -0.2) is 47.9 Å². The van der Waals surface area contributed by atoms with Crippen molar-refractivity contribution in [3.05, 3.63) is 58.3 Å². The van der Waals surface area contributed by atoms with Crippen molar-refractivity contribution >= 4 is 17.2 Å². The Morgan fingerprint density at radius 2 is 1.88 bits per heavy atom. The van der Waals surface area contributed by atoms with Crippen LogP contribution in [0, 0.1) is 0 Å². The minimum Gasteiger partial charge on any atom is -0.339 e. The van der Waals surface area contributed by atoms with Crippen molar-refractivity contribution in [2.24, 2.45) is 0 Å². The lowest BCUT2D eigenvalue weighted by Crippen LogP contribution is -2.53. The fourth-order valence-corrected chi connectivity index (χ4v) is 4.27. The molecule has 0 spiro atoms. The first-order valence-corrected chi connectivity index (χ1v) is 9.82. The van der Waals surface area contributed by atoms with Crippen molar-refractivity contribution in [2.75, 3.05) is 26.2 Å². The minimum absolute atomic E-state index is 0.131. The summed E-state index contributed by atoms with van der Waals surface area (Å²) in [5, 5.41) is 4.33. The molecule has 6 heteroatoms. The zero-order valence-corrected chi connectivity index (χ0v) is 15.0. The molecule has 132 valence electrons. The maximum atomic E-state index is 12.8. The van der Waals surface area contributed by atoms with Crippen LogP contribution in [-0.2, 0) is 11.3 Å². The highest BCUT2D eigenvalue weighted by Gasteiger charge is 2.33. The van der Waals surface area contributed by atoms with Gasteiger partial charge in [0.2, 0.25) is 5.91 Å². The number of nitrogens with zero attached hydrogens (tertiary/aromatic N) is 2. The minimum atomic E-state index is -0.131. The van der Waals surface area contributed by atoms with E-state index in [0.29, 0.717) is 0 Å². The molecule has 2 fully saturated rings. The lowest BCUT2D eigenvalue weighted by Gasteiger charge is -2.35. The van der Waals surface area contributed by atoms with E-state index in [1.54, 1.807) is 11.3 Å². The fourth-order valence-electron chi connectivity index (χ4n) is 3.61. The molecule has 1 aromatic carbocycles. The SMILES string of the molecule is O=C(C1CC(c2ccccc2)NN1)N1CCN(Cc2ccsc2)CC1. The molecule has 2 N–H and O–H groups in total. The molecule has 1 amide bonds. The van der Waals surface area contributed by atoms with Gasteiger partial charge in [-0.15, -0.1) is 0 Å². The summed E-state index contributed by atoms with van der Waals surface area (Å²) in [6.45, 7) is 4.52. The standard InChI is InChI=1S/C19H24N4OS/c24-19(18-12-17(20-21-18)16-4-2-1-3-5-16)23-9-7-22(8-10-23)13-15-6-11-25-14-15/h1-6,11,14,17-18,20-21H,7-10,12-13H2. The molecule has 0 bridgehead atoms. The van der Waals surface area contributed by atoms with E-state index >= 15 is 0 Å². The first kappa shape index (κ1) is 16.7. The Balaban J connectivity index is 1.28. The van der Waals surface area contributed by atoms with Crippen molar-refractivity contribution in [3.63, 3.8) is 0 Å². The molecule has 25 heavy (non-hydrogen) atoms. The number of carbonyl (C=O) groups excluding carboxylic acids is 1. The average molecular weight is 356 g/mol. The topological polar surface area (TPSA) is 47.6 Å². The number of carbonyl (C=O) groups is 1. The molecule has 0 aliphatic carbocycles. The number of hydrogen-bond acceptors (Lipinski definition) is 5. The first-order valence-electron chi connectivity index (χ1n) is 8.88. The molecule has 4 rings (SSSR count). The van der Waals surface area contributed by atoms with Gasteiger partial charge in [-0.2, -0.15) is 11.3 Å². The second-order valence-electron chi connectivity index (χ2n) is 6.77. The second kappa shape index (κ2) is 7.66. The molecule has 2 aromatic rings. The second-order valence-corrected chi connectivity index (χ2v) is 7.55. The number of benzene rings is 1. The summed E-state index contributed by atoms with van der Waals surface area (Å²) >= 11 is 1.74. The molecule has 3 heterocycles. The van der Waals surface area contributed by atoms with Crippen LogP contribution in [0.25, 0.3) is 0 Å². The van der Waals surface area contributed by atoms with Gasteiger partial charge in [0.15, 0.2) is 0 Å². The van der Waals surface area contributed by atoms with Crippen molar-refractivity contribution < 1.29 is 4.79 Å². The van der Waals surface area contributed by atoms with Gasteiger partial charge < -0.3 is 4.90 Å². The molecule has 2 aliphatic heterocycles. The van der Waals surface area contributed by atoms with E-state index in [1.807, 2.05) is 23.1 Å². The van der Waals surface area contributed by atoms with Gasteiger partial charge in [-0.3, -0.25) is 9.69 Å². The highest BCUT2D eigenvalue weighted by molar-refractivity contribution is 7.07. The molecule has 0 radical (unpaired) electrons.